The van der Waals surface area contributed by atoms with Gasteiger partial charge < -0.3 is 15.7 Å². The molecule has 1 rings (SSSR count). The van der Waals surface area contributed by atoms with Gasteiger partial charge in [-0.2, -0.15) is 0 Å². The highest BCUT2D eigenvalue weighted by Gasteiger charge is 2.16. The molecule has 0 unspecified atom stereocenters. The van der Waals surface area contributed by atoms with Crippen LogP contribution in [0.4, 0.5) is 11.6 Å². The van der Waals surface area contributed by atoms with Crippen LogP contribution >= 0.6 is 0 Å². The van der Waals surface area contributed by atoms with Crippen LogP contribution in [-0.4, -0.2) is 29.8 Å². The maximum absolute atomic E-state index is 8.99. The summed E-state index contributed by atoms with van der Waals surface area (Å²) < 4.78 is 0. The van der Waals surface area contributed by atoms with Crippen molar-refractivity contribution in [1.82, 2.24) is 4.98 Å². The van der Waals surface area contributed by atoms with Crippen LogP contribution in [-0.2, 0) is 0 Å². The first-order valence-electron chi connectivity index (χ1n) is 6.63. The van der Waals surface area contributed by atoms with Gasteiger partial charge in [-0.1, -0.05) is 26.8 Å². The Bertz CT molecular complexity index is 353. The van der Waals surface area contributed by atoms with Crippen LogP contribution in [0.3, 0.4) is 0 Å². The van der Waals surface area contributed by atoms with Crippen LogP contribution in [0.2, 0.25) is 0 Å². The first-order chi connectivity index (χ1) is 8.57. The third kappa shape index (κ3) is 5.36. The monoisotopic (exact) mass is 251 g/mol. The van der Waals surface area contributed by atoms with E-state index in [1.807, 2.05) is 18.2 Å². The van der Waals surface area contributed by atoms with Crippen LogP contribution in [0.25, 0.3) is 0 Å². The van der Waals surface area contributed by atoms with Crippen LogP contribution in [0.5, 0.6) is 0 Å². The summed E-state index contributed by atoms with van der Waals surface area (Å²) in [6.07, 6.45) is 1.87. The SMILES string of the molecule is CCCNc1cccc(NCC(C)(C)CCO)n1. The summed E-state index contributed by atoms with van der Waals surface area (Å²) in [5.41, 5.74) is 0.0727. The second-order valence-corrected chi connectivity index (χ2v) is 5.33. The van der Waals surface area contributed by atoms with Gasteiger partial charge in [0.25, 0.3) is 0 Å². The van der Waals surface area contributed by atoms with E-state index in [1.54, 1.807) is 0 Å². The van der Waals surface area contributed by atoms with Crippen molar-refractivity contribution in [2.75, 3.05) is 30.3 Å². The molecular formula is C14H25N3O. The predicted octanol–water partition coefficient (Wildman–Crippen LogP) is 2.72. The average Bonchev–Trinajstić information content (AvgIpc) is 2.35. The van der Waals surface area contributed by atoms with Gasteiger partial charge in [-0.05, 0) is 30.4 Å². The maximum atomic E-state index is 8.99. The topological polar surface area (TPSA) is 57.2 Å². The molecule has 4 nitrogen and oxygen atoms in total. The first-order valence-corrected chi connectivity index (χ1v) is 6.63. The molecule has 0 aliphatic heterocycles. The number of hydrogen-bond donors (Lipinski definition) is 3. The zero-order chi connectivity index (χ0) is 13.4. The molecule has 0 saturated carbocycles. The second kappa shape index (κ2) is 7.21. The second-order valence-electron chi connectivity index (χ2n) is 5.33. The van der Waals surface area contributed by atoms with Gasteiger partial charge in [0, 0.05) is 19.7 Å². The van der Waals surface area contributed by atoms with Crippen molar-refractivity contribution in [3.63, 3.8) is 0 Å². The fraction of sp³-hybridized carbons (Fsp3) is 0.643. The number of nitrogens with one attached hydrogen (secondary N) is 2. The van der Waals surface area contributed by atoms with Crippen LogP contribution in [0, 0.1) is 5.41 Å². The molecule has 0 saturated heterocycles. The van der Waals surface area contributed by atoms with Crippen molar-refractivity contribution < 1.29 is 5.11 Å². The summed E-state index contributed by atoms with van der Waals surface area (Å²) in [5, 5.41) is 15.6. The van der Waals surface area contributed by atoms with Gasteiger partial charge in [-0.15, -0.1) is 0 Å². The zero-order valence-corrected chi connectivity index (χ0v) is 11.7. The van der Waals surface area contributed by atoms with Crippen molar-refractivity contribution in [3.05, 3.63) is 18.2 Å². The minimum Gasteiger partial charge on any atom is -0.396 e. The summed E-state index contributed by atoms with van der Waals surface area (Å²) in [5.74, 6) is 1.78. The largest absolute Gasteiger partial charge is 0.396 e. The Morgan fingerprint density at radius 2 is 1.89 bits per heavy atom. The summed E-state index contributed by atoms with van der Waals surface area (Å²) in [6, 6.07) is 5.93. The maximum Gasteiger partial charge on any atom is 0.128 e. The molecule has 1 aromatic rings. The number of rotatable bonds is 8. The van der Waals surface area contributed by atoms with Gasteiger partial charge in [-0.3, -0.25) is 0 Å². The molecule has 18 heavy (non-hydrogen) atoms. The highest BCUT2D eigenvalue weighted by Crippen LogP contribution is 2.20. The molecule has 0 aliphatic carbocycles. The minimum absolute atomic E-state index is 0.0727. The van der Waals surface area contributed by atoms with E-state index in [2.05, 4.69) is 36.4 Å². The Morgan fingerprint density at radius 3 is 2.50 bits per heavy atom. The van der Waals surface area contributed by atoms with Crippen molar-refractivity contribution in [3.8, 4) is 0 Å². The molecule has 1 aromatic heterocycles. The molecule has 0 fully saturated rings. The van der Waals surface area contributed by atoms with Gasteiger partial charge in [0.05, 0.1) is 0 Å². The Morgan fingerprint density at radius 1 is 1.22 bits per heavy atom. The average molecular weight is 251 g/mol. The lowest BCUT2D eigenvalue weighted by atomic mass is 9.90. The van der Waals surface area contributed by atoms with Crippen LogP contribution in [0.1, 0.15) is 33.6 Å². The number of aromatic nitrogens is 1. The molecule has 0 amide bonds. The van der Waals surface area contributed by atoms with E-state index in [-0.39, 0.29) is 12.0 Å². The van der Waals surface area contributed by atoms with E-state index in [4.69, 9.17) is 5.11 Å². The molecule has 3 N–H and O–H groups in total. The zero-order valence-electron chi connectivity index (χ0n) is 11.7. The van der Waals surface area contributed by atoms with Crippen molar-refractivity contribution in [1.29, 1.82) is 0 Å². The van der Waals surface area contributed by atoms with Gasteiger partial charge >= 0.3 is 0 Å². The van der Waals surface area contributed by atoms with Crippen LogP contribution < -0.4 is 10.6 Å². The van der Waals surface area contributed by atoms with Gasteiger partial charge in [0.1, 0.15) is 11.6 Å². The normalized spacial score (nSPS) is 11.3. The Labute approximate surface area is 110 Å². The van der Waals surface area contributed by atoms with E-state index >= 15 is 0 Å². The number of hydrogen-bond acceptors (Lipinski definition) is 4. The van der Waals surface area contributed by atoms with Gasteiger partial charge in [0.2, 0.25) is 0 Å². The van der Waals surface area contributed by atoms with Crippen molar-refractivity contribution in [2.24, 2.45) is 5.41 Å². The summed E-state index contributed by atoms with van der Waals surface area (Å²) in [6.45, 7) is 8.36. The quantitative estimate of drug-likeness (QED) is 0.665. The fourth-order valence-electron chi connectivity index (χ4n) is 1.61. The smallest absolute Gasteiger partial charge is 0.128 e. The highest BCUT2D eigenvalue weighted by atomic mass is 16.3. The lowest BCUT2D eigenvalue weighted by Crippen LogP contribution is -2.24. The number of aliphatic hydroxyl groups excluding tert-OH is 1. The van der Waals surface area contributed by atoms with E-state index in [1.165, 1.54) is 0 Å². The number of pyridine rings is 1. The van der Waals surface area contributed by atoms with E-state index < -0.39 is 0 Å². The summed E-state index contributed by atoms with van der Waals surface area (Å²) >= 11 is 0. The van der Waals surface area contributed by atoms with E-state index in [0.717, 1.165) is 37.6 Å². The van der Waals surface area contributed by atoms with E-state index in [0.29, 0.717) is 0 Å². The van der Waals surface area contributed by atoms with Crippen molar-refractivity contribution >= 4 is 11.6 Å². The summed E-state index contributed by atoms with van der Waals surface area (Å²) in [7, 11) is 0. The van der Waals surface area contributed by atoms with Crippen LogP contribution in [0.15, 0.2) is 18.2 Å². The Balaban J connectivity index is 2.51. The standard InChI is InChI=1S/C14H25N3O/c1-4-9-15-12-6-5-7-13(17-12)16-11-14(2,3)8-10-18/h5-7,18H,4,8-11H2,1-3H3,(H2,15,16,17). The molecule has 0 spiro atoms. The minimum atomic E-state index is 0.0727. The molecular weight excluding hydrogens is 226 g/mol. The number of nitrogens with zero attached hydrogens (tertiary/aromatic N) is 1. The molecule has 0 radical (unpaired) electrons. The third-order valence-electron chi connectivity index (χ3n) is 2.84. The predicted molar refractivity (Wildman–Crippen MR) is 77.0 cm³/mol. The van der Waals surface area contributed by atoms with Gasteiger partial charge in [0.15, 0.2) is 0 Å². The summed E-state index contributed by atoms with van der Waals surface area (Å²) in [4.78, 5) is 4.49. The molecule has 4 heteroatoms. The molecule has 102 valence electrons. The highest BCUT2D eigenvalue weighted by molar-refractivity contribution is 5.45. The number of anilines is 2. The first kappa shape index (κ1) is 14.8. The van der Waals surface area contributed by atoms with Crippen molar-refractivity contribution in [2.45, 2.75) is 33.6 Å². The fourth-order valence-corrected chi connectivity index (χ4v) is 1.61. The molecule has 1 heterocycles. The molecule has 0 atom stereocenters. The lowest BCUT2D eigenvalue weighted by Gasteiger charge is -2.24. The molecule has 0 aromatic carbocycles. The van der Waals surface area contributed by atoms with Gasteiger partial charge in [-0.25, -0.2) is 4.98 Å². The third-order valence-corrected chi connectivity index (χ3v) is 2.84. The Kier molecular flexibility index (Phi) is 5.92. The molecule has 0 aliphatic rings. The Hall–Kier alpha value is -1.29. The number of aliphatic hydroxyl groups is 1. The lowest BCUT2D eigenvalue weighted by molar-refractivity contribution is 0.220. The van der Waals surface area contributed by atoms with E-state index in [9.17, 15) is 0 Å². The molecule has 0 bridgehead atoms.